The van der Waals surface area contributed by atoms with E-state index in [9.17, 15) is 0 Å². The highest BCUT2D eigenvalue weighted by Gasteiger charge is 1.89. The summed E-state index contributed by atoms with van der Waals surface area (Å²) in [4.78, 5) is 0. The van der Waals surface area contributed by atoms with Crippen molar-refractivity contribution in [2.24, 2.45) is 5.73 Å². The van der Waals surface area contributed by atoms with Crippen molar-refractivity contribution >= 4 is 12.4 Å². The lowest BCUT2D eigenvalue weighted by molar-refractivity contribution is 0.586. The first-order valence-electron chi connectivity index (χ1n) is 5.51. The fraction of sp³-hybridized carbons (Fsp3) is 0.833. The lowest BCUT2D eigenvalue weighted by Gasteiger charge is -1.99. The summed E-state index contributed by atoms with van der Waals surface area (Å²) in [7, 11) is 0. The standard InChI is InChI=1S/C12H23N.ClH/c1-2-3-4-5-6-7-8-9-10-11-12-13;/h4-13H2,1H3;1H. The molecule has 0 atom stereocenters. The van der Waals surface area contributed by atoms with E-state index in [-0.39, 0.29) is 12.4 Å². The van der Waals surface area contributed by atoms with E-state index < -0.39 is 0 Å². The van der Waals surface area contributed by atoms with Crippen molar-refractivity contribution in [3.8, 4) is 11.8 Å². The smallest absolute Gasteiger partial charge is 0.00885 e. The molecule has 1 nitrogen and oxygen atoms in total. The highest BCUT2D eigenvalue weighted by atomic mass is 35.5. The minimum absolute atomic E-state index is 0. The Bertz CT molecular complexity index is 146. The van der Waals surface area contributed by atoms with Gasteiger partial charge in [0, 0.05) is 6.42 Å². The maximum absolute atomic E-state index is 5.41. The average Bonchev–Trinajstić information content (AvgIpc) is 2.16. The highest BCUT2D eigenvalue weighted by Crippen LogP contribution is 2.07. The largest absolute Gasteiger partial charge is 0.330 e. The van der Waals surface area contributed by atoms with Gasteiger partial charge in [0.25, 0.3) is 0 Å². The molecular formula is C12H24ClN. The van der Waals surface area contributed by atoms with Crippen LogP contribution in [0.4, 0.5) is 0 Å². The Labute approximate surface area is 95.2 Å². The number of hydrogen-bond donors (Lipinski definition) is 1. The van der Waals surface area contributed by atoms with Crippen LogP contribution in [-0.2, 0) is 0 Å². The summed E-state index contributed by atoms with van der Waals surface area (Å²) in [5.74, 6) is 6.02. The van der Waals surface area contributed by atoms with Gasteiger partial charge in [-0.3, -0.25) is 0 Å². The molecule has 2 heteroatoms. The van der Waals surface area contributed by atoms with E-state index in [1.54, 1.807) is 0 Å². The lowest BCUT2D eigenvalue weighted by atomic mass is 10.1. The summed E-state index contributed by atoms with van der Waals surface area (Å²) in [6.07, 6.45) is 10.3. The summed E-state index contributed by atoms with van der Waals surface area (Å²) in [6.45, 7) is 2.76. The van der Waals surface area contributed by atoms with Gasteiger partial charge in [0.1, 0.15) is 0 Å². The fourth-order valence-electron chi connectivity index (χ4n) is 1.37. The van der Waals surface area contributed by atoms with Crippen LogP contribution < -0.4 is 5.73 Å². The first kappa shape index (κ1) is 16.2. The zero-order valence-corrected chi connectivity index (χ0v) is 10.2. The molecule has 0 aliphatic rings. The Morgan fingerprint density at radius 1 is 0.857 bits per heavy atom. The fourth-order valence-corrected chi connectivity index (χ4v) is 1.37. The van der Waals surface area contributed by atoms with Gasteiger partial charge < -0.3 is 5.73 Å². The zero-order chi connectivity index (χ0) is 9.78. The molecule has 0 aliphatic heterocycles. The summed E-state index contributed by atoms with van der Waals surface area (Å²) >= 11 is 0. The topological polar surface area (TPSA) is 26.0 Å². The Kier molecular flexibility index (Phi) is 17.7. The molecule has 0 amide bonds. The minimum Gasteiger partial charge on any atom is -0.330 e. The van der Waals surface area contributed by atoms with Crippen LogP contribution in [0.3, 0.4) is 0 Å². The van der Waals surface area contributed by atoms with E-state index in [2.05, 4.69) is 11.8 Å². The first-order chi connectivity index (χ1) is 6.41. The van der Waals surface area contributed by atoms with Crippen LogP contribution in [0.5, 0.6) is 0 Å². The second-order valence-electron chi connectivity index (χ2n) is 3.44. The molecule has 84 valence electrons. The van der Waals surface area contributed by atoms with Crippen LogP contribution in [0.1, 0.15) is 58.3 Å². The summed E-state index contributed by atoms with van der Waals surface area (Å²) in [6, 6.07) is 0. The van der Waals surface area contributed by atoms with Crippen LogP contribution in [0, 0.1) is 11.8 Å². The van der Waals surface area contributed by atoms with E-state index in [4.69, 9.17) is 5.73 Å². The van der Waals surface area contributed by atoms with Gasteiger partial charge in [-0.05, 0) is 26.3 Å². The van der Waals surface area contributed by atoms with E-state index in [0.29, 0.717) is 0 Å². The number of unbranched alkanes of at least 4 members (excludes halogenated alkanes) is 7. The Morgan fingerprint density at radius 3 is 1.86 bits per heavy atom. The normalized spacial score (nSPS) is 8.71. The van der Waals surface area contributed by atoms with Crippen molar-refractivity contribution in [2.45, 2.75) is 58.3 Å². The van der Waals surface area contributed by atoms with Gasteiger partial charge in [0.05, 0.1) is 0 Å². The van der Waals surface area contributed by atoms with Crippen LogP contribution in [0.25, 0.3) is 0 Å². The Morgan fingerprint density at radius 2 is 1.36 bits per heavy atom. The predicted molar refractivity (Wildman–Crippen MR) is 66.7 cm³/mol. The SMILES string of the molecule is CC#CCCCCCCCCCN.Cl. The molecule has 0 aliphatic carbocycles. The van der Waals surface area contributed by atoms with Gasteiger partial charge in [-0.1, -0.05) is 32.1 Å². The molecule has 2 N–H and O–H groups in total. The first-order valence-corrected chi connectivity index (χ1v) is 5.51. The minimum atomic E-state index is 0. The quantitative estimate of drug-likeness (QED) is 0.489. The van der Waals surface area contributed by atoms with Crippen molar-refractivity contribution in [3.05, 3.63) is 0 Å². The summed E-state index contributed by atoms with van der Waals surface area (Å²) in [5, 5.41) is 0. The molecule has 0 fully saturated rings. The maximum Gasteiger partial charge on any atom is 0.00885 e. The zero-order valence-electron chi connectivity index (χ0n) is 9.35. The number of halogens is 1. The lowest BCUT2D eigenvalue weighted by Crippen LogP contribution is -1.97. The molecule has 0 unspecified atom stereocenters. The van der Waals surface area contributed by atoms with E-state index in [1.807, 2.05) is 6.92 Å². The van der Waals surface area contributed by atoms with E-state index >= 15 is 0 Å². The molecule has 0 saturated carbocycles. The monoisotopic (exact) mass is 217 g/mol. The van der Waals surface area contributed by atoms with Crippen molar-refractivity contribution in [3.63, 3.8) is 0 Å². The summed E-state index contributed by atoms with van der Waals surface area (Å²) in [5.41, 5.74) is 5.41. The number of hydrogen-bond acceptors (Lipinski definition) is 1. The molecule has 0 bridgehead atoms. The van der Waals surface area contributed by atoms with Crippen molar-refractivity contribution in [2.75, 3.05) is 6.54 Å². The third-order valence-corrected chi connectivity index (χ3v) is 2.18. The van der Waals surface area contributed by atoms with Gasteiger partial charge in [0.2, 0.25) is 0 Å². The summed E-state index contributed by atoms with van der Waals surface area (Å²) < 4.78 is 0. The molecule has 0 saturated heterocycles. The molecule has 0 rings (SSSR count). The average molecular weight is 218 g/mol. The second kappa shape index (κ2) is 15.3. The van der Waals surface area contributed by atoms with Gasteiger partial charge in [-0.2, -0.15) is 0 Å². The van der Waals surface area contributed by atoms with Gasteiger partial charge >= 0.3 is 0 Å². The molecule has 0 heterocycles. The van der Waals surface area contributed by atoms with E-state index in [0.717, 1.165) is 13.0 Å². The molecule has 0 aromatic heterocycles. The van der Waals surface area contributed by atoms with Crippen molar-refractivity contribution < 1.29 is 0 Å². The predicted octanol–water partition coefficient (Wildman–Crippen LogP) is 3.51. The van der Waals surface area contributed by atoms with Crippen molar-refractivity contribution in [1.29, 1.82) is 0 Å². The highest BCUT2D eigenvalue weighted by molar-refractivity contribution is 5.85. The molecule has 0 aromatic carbocycles. The van der Waals surface area contributed by atoms with Crippen molar-refractivity contribution in [1.82, 2.24) is 0 Å². The van der Waals surface area contributed by atoms with Crippen LogP contribution in [-0.4, -0.2) is 6.54 Å². The van der Waals surface area contributed by atoms with E-state index in [1.165, 1.54) is 44.9 Å². The number of rotatable bonds is 8. The van der Waals surface area contributed by atoms with Crippen LogP contribution >= 0.6 is 12.4 Å². The molecular weight excluding hydrogens is 194 g/mol. The maximum atomic E-state index is 5.41. The number of nitrogens with two attached hydrogens (primary N) is 1. The molecule has 0 spiro atoms. The van der Waals surface area contributed by atoms with Gasteiger partial charge in [0.15, 0.2) is 0 Å². The molecule has 14 heavy (non-hydrogen) atoms. The molecule has 0 radical (unpaired) electrons. The third-order valence-electron chi connectivity index (χ3n) is 2.18. The third kappa shape index (κ3) is 14.3. The Hall–Kier alpha value is -0.190. The van der Waals surface area contributed by atoms with Gasteiger partial charge in [-0.15, -0.1) is 24.2 Å². The second-order valence-corrected chi connectivity index (χ2v) is 3.44. The van der Waals surface area contributed by atoms with Gasteiger partial charge in [-0.25, -0.2) is 0 Å². The van der Waals surface area contributed by atoms with Crippen LogP contribution in [0.2, 0.25) is 0 Å². The Balaban J connectivity index is 0. The van der Waals surface area contributed by atoms with Crippen LogP contribution in [0.15, 0.2) is 0 Å². The molecule has 0 aromatic rings.